The standard InChI is InChI=1S/C18H14ClN3O2S/c1-24-16-8-13(6-7-15(16)23)22-10-18-14(20-21-22)9-17(25-18)11-2-4-12(19)5-3-11/h2-10,21,23H,1H3. The van der Waals surface area contributed by atoms with Crippen molar-refractivity contribution in [2.75, 3.05) is 12.1 Å². The molecule has 2 heterocycles. The van der Waals surface area contributed by atoms with Gasteiger partial charge in [0.05, 0.1) is 17.3 Å². The third-order valence-electron chi connectivity index (χ3n) is 3.83. The number of phenols is 1. The molecule has 2 N–H and O–H groups in total. The molecule has 0 saturated heterocycles. The summed E-state index contributed by atoms with van der Waals surface area (Å²) < 4.78 is 6.20. The second kappa shape index (κ2) is 6.31. The van der Waals surface area contributed by atoms with Gasteiger partial charge in [-0.25, -0.2) is 10.5 Å². The van der Waals surface area contributed by atoms with E-state index in [1.165, 1.54) is 7.11 Å². The van der Waals surface area contributed by atoms with Crippen LogP contribution in [0.3, 0.4) is 0 Å². The summed E-state index contributed by atoms with van der Waals surface area (Å²) in [4.78, 5) is 1.12. The number of rotatable bonds is 3. The largest absolute Gasteiger partial charge is 0.504 e. The average Bonchev–Trinajstić information content (AvgIpc) is 3.06. The number of halogens is 1. The zero-order valence-electron chi connectivity index (χ0n) is 13.2. The number of nitrogens with one attached hydrogen (secondary N) is 1. The highest BCUT2D eigenvalue weighted by Gasteiger charge is 2.12. The van der Waals surface area contributed by atoms with Crippen LogP contribution in [0.15, 0.2) is 53.6 Å². The molecule has 5 nitrogen and oxygen atoms in total. The van der Waals surface area contributed by atoms with Crippen molar-refractivity contribution in [1.82, 2.24) is 5.53 Å². The SMILES string of the molecule is COc1cc(N2C=c3sc(-c4ccc(Cl)cc4)cc3=NN2)ccc1O. The van der Waals surface area contributed by atoms with Gasteiger partial charge in [0.15, 0.2) is 11.5 Å². The van der Waals surface area contributed by atoms with Gasteiger partial charge < -0.3 is 9.84 Å². The van der Waals surface area contributed by atoms with E-state index in [9.17, 15) is 5.11 Å². The Kier molecular flexibility index (Phi) is 3.99. The van der Waals surface area contributed by atoms with E-state index in [0.717, 1.165) is 31.0 Å². The molecule has 0 saturated carbocycles. The predicted octanol–water partition coefficient (Wildman–Crippen LogP) is 3.08. The molecule has 0 amide bonds. The van der Waals surface area contributed by atoms with Crippen molar-refractivity contribution in [3.8, 4) is 21.9 Å². The lowest BCUT2D eigenvalue weighted by molar-refractivity contribution is 0.373. The van der Waals surface area contributed by atoms with Crippen LogP contribution in [0.1, 0.15) is 0 Å². The minimum atomic E-state index is 0.0991. The highest BCUT2D eigenvalue weighted by atomic mass is 35.5. The minimum Gasteiger partial charge on any atom is -0.504 e. The monoisotopic (exact) mass is 371 g/mol. The fourth-order valence-electron chi connectivity index (χ4n) is 2.53. The molecule has 0 fully saturated rings. The Morgan fingerprint density at radius 1 is 1.16 bits per heavy atom. The smallest absolute Gasteiger partial charge is 0.162 e. The van der Waals surface area contributed by atoms with Crippen molar-refractivity contribution in [1.29, 1.82) is 0 Å². The van der Waals surface area contributed by atoms with E-state index < -0.39 is 0 Å². The summed E-state index contributed by atoms with van der Waals surface area (Å²) in [6.07, 6.45) is 1.97. The summed E-state index contributed by atoms with van der Waals surface area (Å²) in [5.41, 5.74) is 4.90. The van der Waals surface area contributed by atoms with Crippen LogP contribution < -0.4 is 25.2 Å². The van der Waals surface area contributed by atoms with Gasteiger partial charge >= 0.3 is 0 Å². The molecule has 0 aliphatic carbocycles. The van der Waals surface area contributed by atoms with E-state index in [1.807, 2.05) is 36.5 Å². The quantitative estimate of drug-likeness (QED) is 0.743. The van der Waals surface area contributed by atoms with Crippen LogP contribution in [0, 0.1) is 0 Å². The Balaban J connectivity index is 1.71. The number of aromatic hydroxyl groups is 1. The van der Waals surface area contributed by atoms with Crippen LogP contribution in [0.5, 0.6) is 11.5 Å². The van der Waals surface area contributed by atoms with Crippen LogP contribution in [0.4, 0.5) is 5.69 Å². The molecule has 3 aromatic rings. The molecular weight excluding hydrogens is 358 g/mol. The maximum atomic E-state index is 9.74. The van der Waals surface area contributed by atoms with Crippen molar-refractivity contribution in [3.63, 3.8) is 0 Å². The molecule has 2 aromatic carbocycles. The van der Waals surface area contributed by atoms with Crippen molar-refractivity contribution in [2.45, 2.75) is 0 Å². The highest BCUT2D eigenvalue weighted by Crippen LogP contribution is 2.30. The maximum absolute atomic E-state index is 9.74. The first-order valence-electron chi connectivity index (χ1n) is 7.51. The van der Waals surface area contributed by atoms with Gasteiger partial charge in [-0.15, -0.1) is 11.3 Å². The fourth-order valence-corrected chi connectivity index (χ4v) is 3.69. The number of ether oxygens (including phenoxy) is 1. The van der Waals surface area contributed by atoms with Gasteiger partial charge in [-0.3, -0.25) is 0 Å². The van der Waals surface area contributed by atoms with Crippen LogP contribution in [-0.2, 0) is 0 Å². The maximum Gasteiger partial charge on any atom is 0.162 e. The molecule has 0 unspecified atom stereocenters. The molecule has 1 aromatic heterocycles. The first-order valence-corrected chi connectivity index (χ1v) is 8.71. The number of thiophene rings is 1. The fraction of sp³-hybridized carbons (Fsp3) is 0.0556. The third-order valence-corrected chi connectivity index (χ3v) is 5.19. The normalized spacial score (nSPS) is 12.6. The summed E-state index contributed by atoms with van der Waals surface area (Å²) >= 11 is 7.61. The van der Waals surface area contributed by atoms with Crippen molar-refractivity contribution in [2.24, 2.45) is 5.10 Å². The minimum absolute atomic E-state index is 0.0991. The third kappa shape index (κ3) is 3.01. The topological polar surface area (TPSA) is 57.1 Å². The van der Waals surface area contributed by atoms with Crippen LogP contribution in [0.2, 0.25) is 5.02 Å². The summed E-state index contributed by atoms with van der Waals surface area (Å²) in [5.74, 6) is 0.508. The number of hydrogen-bond acceptors (Lipinski definition) is 6. The summed E-state index contributed by atoms with van der Waals surface area (Å²) in [7, 11) is 1.52. The van der Waals surface area contributed by atoms with Crippen molar-refractivity contribution >= 4 is 34.8 Å². The zero-order valence-corrected chi connectivity index (χ0v) is 14.8. The number of hydrogen-bond donors (Lipinski definition) is 2. The first kappa shape index (κ1) is 15.8. The van der Waals surface area contributed by atoms with Gasteiger partial charge in [-0.2, -0.15) is 5.10 Å². The number of hydrazine groups is 1. The number of phenolic OH excluding ortho intramolecular Hbond substituents is 1. The van der Waals surface area contributed by atoms with Gasteiger partial charge in [-0.05, 0) is 35.9 Å². The Bertz CT molecular complexity index is 1050. The van der Waals surface area contributed by atoms with Gasteiger partial charge in [0.25, 0.3) is 0 Å². The van der Waals surface area contributed by atoms with Gasteiger partial charge in [0.2, 0.25) is 0 Å². The van der Waals surface area contributed by atoms with Gasteiger partial charge in [-0.1, -0.05) is 23.7 Å². The lowest BCUT2D eigenvalue weighted by Crippen LogP contribution is -2.40. The van der Waals surface area contributed by atoms with E-state index in [-0.39, 0.29) is 5.75 Å². The Labute approximate surface area is 153 Å². The molecule has 0 radical (unpaired) electrons. The van der Waals surface area contributed by atoms with Gasteiger partial charge in [0.1, 0.15) is 5.36 Å². The highest BCUT2D eigenvalue weighted by molar-refractivity contribution is 7.13. The molecular formula is C18H14ClN3O2S. The average molecular weight is 372 g/mol. The van der Waals surface area contributed by atoms with E-state index in [0.29, 0.717) is 5.75 Å². The Hall–Kier alpha value is -2.70. The lowest BCUT2D eigenvalue weighted by atomic mass is 10.2. The Morgan fingerprint density at radius 3 is 2.72 bits per heavy atom. The first-order chi connectivity index (χ1) is 12.1. The second-order valence-corrected chi connectivity index (χ2v) is 6.95. The van der Waals surface area contributed by atoms with Crippen LogP contribution in [0.25, 0.3) is 16.6 Å². The predicted molar refractivity (Wildman–Crippen MR) is 100 cm³/mol. The molecule has 1 aliphatic rings. The number of methoxy groups -OCH3 is 1. The van der Waals surface area contributed by atoms with Crippen LogP contribution in [-0.4, -0.2) is 12.2 Å². The zero-order chi connectivity index (χ0) is 17.4. The van der Waals surface area contributed by atoms with Crippen molar-refractivity contribution in [3.05, 3.63) is 63.4 Å². The van der Waals surface area contributed by atoms with E-state index in [1.54, 1.807) is 34.5 Å². The second-order valence-electron chi connectivity index (χ2n) is 5.43. The molecule has 0 bridgehead atoms. The number of fused-ring (bicyclic) bond motifs is 1. The number of nitrogens with zero attached hydrogens (tertiary/aromatic N) is 2. The molecule has 25 heavy (non-hydrogen) atoms. The molecule has 0 spiro atoms. The molecule has 1 aliphatic heterocycles. The number of benzene rings is 2. The van der Waals surface area contributed by atoms with E-state index in [4.69, 9.17) is 16.3 Å². The molecule has 126 valence electrons. The van der Waals surface area contributed by atoms with Crippen molar-refractivity contribution < 1.29 is 9.84 Å². The summed E-state index contributed by atoms with van der Waals surface area (Å²) in [6, 6.07) is 14.9. The summed E-state index contributed by atoms with van der Waals surface area (Å²) in [5, 5.41) is 17.5. The van der Waals surface area contributed by atoms with Crippen LogP contribution >= 0.6 is 22.9 Å². The lowest BCUT2D eigenvalue weighted by Gasteiger charge is -2.21. The Morgan fingerprint density at radius 2 is 1.96 bits per heavy atom. The van der Waals surface area contributed by atoms with E-state index >= 15 is 0 Å². The molecule has 0 atom stereocenters. The molecule has 4 rings (SSSR count). The molecule has 7 heteroatoms. The van der Waals surface area contributed by atoms with E-state index in [2.05, 4.69) is 10.6 Å². The summed E-state index contributed by atoms with van der Waals surface area (Å²) in [6.45, 7) is 0. The number of anilines is 1. The van der Waals surface area contributed by atoms with Gasteiger partial charge in [0, 0.05) is 22.2 Å².